The Balaban J connectivity index is 3.18. The van der Waals surface area contributed by atoms with E-state index in [1.54, 1.807) is 5.40 Å². The Morgan fingerprint density at radius 1 is 1.79 bits per heavy atom. The van der Waals surface area contributed by atoms with Crippen molar-refractivity contribution in [1.82, 2.24) is 9.97 Å². The maximum Gasteiger partial charge on any atom is 0.320 e. The fraction of sp³-hybridized carbons (Fsp3) is 0.167. The van der Waals surface area contributed by atoms with Crippen molar-refractivity contribution in [3.63, 3.8) is 0 Å². The minimum atomic E-state index is -0.654. The Bertz CT molecular complexity index is 403. The molecule has 0 saturated carbocycles. The summed E-state index contributed by atoms with van der Waals surface area (Å²) in [6, 6.07) is -0.00616. The monoisotopic (exact) mass is 212 g/mol. The molecule has 0 atom stereocenters. The van der Waals surface area contributed by atoms with Crippen LogP contribution in [-0.2, 0) is 0 Å². The quantitative estimate of drug-likeness (QED) is 0.242. The number of thiocyanates is 1. The van der Waals surface area contributed by atoms with Crippen LogP contribution in [0.1, 0.15) is 0 Å². The highest BCUT2D eigenvalue weighted by atomic mass is 32.2. The van der Waals surface area contributed by atoms with E-state index < -0.39 is 4.92 Å². The Morgan fingerprint density at radius 3 is 3.00 bits per heavy atom. The Kier molecular flexibility index (Phi) is 3.19. The summed E-state index contributed by atoms with van der Waals surface area (Å²) in [5, 5.41) is 20.5. The van der Waals surface area contributed by atoms with E-state index in [0.717, 1.165) is 6.20 Å². The first-order valence-corrected chi connectivity index (χ1v) is 4.12. The van der Waals surface area contributed by atoms with Gasteiger partial charge in [0.1, 0.15) is 11.6 Å². The lowest BCUT2D eigenvalue weighted by atomic mass is 10.5. The second kappa shape index (κ2) is 4.38. The second-order valence-corrected chi connectivity index (χ2v) is 2.77. The third-order valence-corrected chi connectivity index (χ3v) is 1.82. The first-order valence-electron chi connectivity index (χ1n) is 3.30. The molecule has 0 amide bonds. The standard InChI is InChI=1S/C6H4N4O3S/c1-13-6-8-2-4(10(11)12)5(9-6)14-3-7/h2H,1H3. The number of hydrogen-bond donors (Lipinski definition) is 0. The number of aromatic nitrogens is 2. The zero-order valence-electron chi connectivity index (χ0n) is 7.00. The Morgan fingerprint density at radius 2 is 2.50 bits per heavy atom. The molecule has 72 valence electrons. The molecule has 0 radical (unpaired) electrons. The minimum Gasteiger partial charge on any atom is -0.467 e. The molecule has 8 heteroatoms. The topological polar surface area (TPSA) is 102 Å². The maximum atomic E-state index is 10.5. The van der Waals surface area contributed by atoms with Gasteiger partial charge in [0.25, 0.3) is 0 Å². The predicted molar refractivity (Wildman–Crippen MR) is 46.7 cm³/mol. The molecule has 0 aliphatic carbocycles. The molecule has 0 fully saturated rings. The Hall–Kier alpha value is -1.88. The molecular formula is C6H4N4O3S. The molecule has 0 aliphatic heterocycles. The molecule has 1 rings (SSSR count). The summed E-state index contributed by atoms with van der Waals surface area (Å²) in [5.74, 6) is 0. The molecule has 0 bridgehead atoms. The maximum absolute atomic E-state index is 10.5. The van der Waals surface area contributed by atoms with Gasteiger partial charge in [0.2, 0.25) is 0 Å². The SMILES string of the molecule is COc1ncc([N+](=O)[O-])c(SC#N)n1. The van der Waals surface area contributed by atoms with Gasteiger partial charge in [0, 0.05) is 11.8 Å². The van der Waals surface area contributed by atoms with Crippen molar-refractivity contribution in [2.24, 2.45) is 0 Å². The largest absolute Gasteiger partial charge is 0.467 e. The van der Waals surface area contributed by atoms with Gasteiger partial charge in [0.15, 0.2) is 5.03 Å². The number of ether oxygens (including phenoxy) is 1. The molecule has 1 aromatic rings. The third kappa shape index (κ3) is 2.08. The molecule has 0 aromatic carbocycles. The van der Waals surface area contributed by atoms with Crippen LogP contribution in [0.5, 0.6) is 6.01 Å². The number of hydrogen-bond acceptors (Lipinski definition) is 7. The van der Waals surface area contributed by atoms with Crippen LogP contribution in [0.25, 0.3) is 0 Å². The number of nitriles is 1. The van der Waals surface area contributed by atoms with Crippen molar-refractivity contribution in [2.75, 3.05) is 7.11 Å². The molecule has 7 nitrogen and oxygen atoms in total. The minimum absolute atomic E-state index is 0.00616. The van der Waals surface area contributed by atoms with Gasteiger partial charge in [-0.3, -0.25) is 10.1 Å². The highest BCUT2D eigenvalue weighted by molar-refractivity contribution is 8.03. The average Bonchev–Trinajstić information content (AvgIpc) is 2.17. The van der Waals surface area contributed by atoms with Gasteiger partial charge in [-0.25, -0.2) is 0 Å². The smallest absolute Gasteiger partial charge is 0.320 e. The van der Waals surface area contributed by atoms with Crippen molar-refractivity contribution in [2.45, 2.75) is 5.03 Å². The van der Waals surface area contributed by atoms with Crippen LogP contribution in [0, 0.1) is 20.8 Å². The van der Waals surface area contributed by atoms with Gasteiger partial charge >= 0.3 is 11.7 Å². The van der Waals surface area contributed by atoms with Crippen molar-refractivity contribution >= 4 is 17.4 Å². The van der Waals surface area contributed by atoms with Crippen LogP contribution < -0.4 is 4.74 Å². The summed E-state index contributed by atoms with van der Waals surface area (Å²) in [5.41, 5.74) is -0.308. The van der Waals surface area contributed by atoms with E-state index in [1.807, 2.05) is 0 Å². The van der Waals surface area contributed by atoms with Crippen LogP contribution in [0.4, 0.5) is 5.69 Å². The van der Waals surface area contributed by atoms with Gasteiger partial charge in [0.05, 0.1) is 12.0 Å². The first-order chi connectivity index (χ1) is 6.69. The van der Waals surface area contributed by atoms with Gasteiger partial charge in [-0.15, -0.1) is 0 Å². The van der Waals surface area contributed by atoms with E-state index in [2.05, 4.69) is 14.7 Å². The molecular weight excluding hydrogens is 208 g/mol. The summed E-state index contributed by atoms with van der Waals surface area (Å²) >= 11 is 0.593. The highest BCUT2D eigenvalue weighted by Gasteiger charge is 2.17. The van der Waals surface area contributed by atoms with Gasteiger partial charge in [-0.05, 0) is 0 Å². The number of thioether (sulfide) groups is 1. The summed E-state index contributed by atoms with van der Waals surface area (Å²) < 4.78 is 4.67. The van der Waals surface area contributed by atoms with Gasteiger partial charge in [-0.1, -0.05) is 0 Å². The number of nitro groups is 1. The van der Waals surface area contributed by atoms with Crippen molar-refractivity contribution in [3.8, 4) is 11.4 Å². The fourth-order valence-electron chi connectivity index (χ4n) is 0.687. The summed E-state index contributed by atoms with van der Waals surface area (Å²) in [4.78, 5) is 17.0. The number of nitrogens with zero attached hydrogens (tertiary/aromatic N) is 4. The average molecular weight is 212 g/mol. The zero-order valence-corrected chi connectivity index (χ0v) is 7.82. The summed E-state index contributed by atoms with van der Waals surface area (Å²) in [7, 11) is 1.34. The number of methoxy groups -OCH3 is 1. The molecule has 0 spiro atoms. The fourth-order valence-corrected chi connectivity index (χ4v) is 1.13. The molecule has 0 saturated heterocycles. The lowest BCUT2D eigenvalue weighted by molar-refractivity contribution is -0.388. The van der Waals surface area contributed by atoms with Gasteiger partial charge < -0.3 is 4.74 Å². The van der Waals surface area contributed by atoms with Crippen molar-refractivity contribution < 1.29 is 9.66 Å². The van der Waals surface area contributed by atoms with E-state index in [9.17, 15) is 10.1 Å². The summed E-state index contributed by atoms with van der Waals surface area (Å²) in [6.45, 7) is 0. The van der Waals surface area contributed by atoms with Crippen LogP contribution in [-0.4, -0.2) is 22.0 Å². The normalized spacial score (nSPS) is 9.14. The van der Waals surface area contributed by atoms with Crippen LogP contribution >= 0.6 is 11.8 Å². The molecule has 0 unspecified atom stereocenters. The van der Waals surface area contributed by atoms with Crippen LogP contribution in [0.15, 0.2) is 11.2 Å². The van der Waals surface area contributed by atoms with Crippen LogP contribution in [0.3, 0.4) is 0 Å². The van der Waals surface area contributed by atoms with Crippen LogP contribution in [0.2, 0.25) is 0 Å². The van der Waals surface area contributed by atoms with E-state index in [-0.39, 0.29) is 16.7 Å². The van der Waals surface area contributed by atoms with E-state index in [1.165, 1.54) is 7.11 Å². The van der Waals surface area contributed by atoms with Gasteiger partial charge in [-0.2, -0.15) is 15.2 Å². The summed E-state index contributed by atoms with van der Waals surface area (Å²) in [6.07, 6.45) is 1.01. The van der Waals surface area contributed by atoms with E-state index >= 15 is 0 Å². The third-order valence-electron chi connectivity index (χ3n) is 1.24. The predicted octanol–water partition coefficient (Wildman–Crippen LogP) is 0.967. The lowest BCUT2D eigenvalue weighted by Gasteiger charge is -1.98. The van der Waals surface area contributed by atoms with E-state index in [0.29, 0.717) is 11.8 Å². The Labute approximate surface area is 82.9 Å². The highest BCUT2D eigenvalue weighted by Crippen LogP contribution is 2.26. The molecule has 1 heterocycles. The van der Waals surface area contributed by atoms with Crippen molar-refractivity contribution in [1.29, 1.82) is 5.26 Å². The molecule has 14 heavy (non-hydrogen) atoms. The second-order valence-electron chi connectivity index (χ2n) is 2.00. The first kappa shape index (κ1) is 10.2. The zero-order chi connectivity index (χ0) is 10.6. The molecule has 1 aromatic heterocycles. The van der Waals surface area contributed by atoms with Crippen molar-refractivity contribution in [3.05, 3.63) is 16.3 Å². The van der Waals surface area contributed by atoms with E-state index in [4.69, 9.17) is 5.26 Å². The lowest BCUT2D eigenvalue weighted by Crippen LogP contribution is -1.98. The number of rotatable bonds is 3. The molecule has 0 N–H and O–H groups in total. The molecule has 0 aliphatic rings.